The molecule has 2 aromatic rings. The summed E-state index contributed by atoms with van der Waals surface area (Å²) in [6.07, 6.45) is 1.88. The molecule has 4 nitrogen and oxygen atoms in total. The first-order valence-corrected chi connectivity index (χ1v) is 9.07. The third-order valence-electron chi connectivity index (χ3n) is 3.95. The Morgan fingerprint density at radius 2 is 1.56 bits per heavy atom. The molecule has 27 heavy (non-hydrogen) atoms. The molecule has 1 atom stereocenters. The van der Waals surface area contributed by atoms with Gasteiger partial charge in [0.2, 0.25) is 0 Å². The summed E-state index contributed by atoms with van der Waals surface area (Å²) in [7, 11) is 0. The molecule has 2 aromatic carbocycles. The predicted octanol–water partition coefficient (Wildman–Crippen LogP) is 5.47. The zero-order valence-electron chi connectivity index (χ0n) is 16.4. The second-order valence-electron chi connectivity index (χ2n) is 7.43. The molecule has 0 heterocycles. The number of amides is 1. The van der Waals surface area contributed by atoms with Crippen LogP contribution in [0, 0.1) is 0 Å². The summed E-state index contributed by atoms with van der Waals surface area (Å²) in [6, 6.07) is 18.6. The molecule has 0 saturated heterocycles. The van der Waals surface area contributed by atoms with Crippen LogP contribution < -0.4 is 5.32 Å². The average Bonchev–Trinajstić information content (AvgIpc) is 2.64. The van der Waals surface area contributed by atoms with Gasteiger partial charge in [-0.05, 0) is 45.3 Å². The van der Waals surface area contributed by atoms with Crippen LogP contribution in [0.3, 0.4) is 0 Å². The van der Waals surface area contributed by atoms with E-state index in [9.17, 15) is 9.59 Å². The van der Waals surface area contributed by atoms with Gasteiger partial charge in [0.05, 0.1) is 6.04 Å². The first-order chi connectivity index (χ1) is 12.8. The number of benzene rings is 2. The highest BCUT2D eigenvalue weighted by molar-refractivity contribution is 6.08. The molecule has 0 aliphatic rings. The summed E-state index contributed by atoms with van der Waals surface area (Å²) in [5.74, 6) is -0.0142. The molecule has 0 spiro atoms. The van der Waals surface area contributed by atoms with Crippen molar-refractivity contribution in [3.8, 4) is 0 Å². The fourth-order valence-corrected chi connectivity index (χ4v) is 2.62. The van der Waals surface area contributed by atoms with Gasteiger partial charge in [-0.15, -0.1) is 0 Å². The first-order valence-electron chi connectivity index (χ1n) is 9.07. The number of alkyl carbamates (subject to hydrolysis) is 1. The van der Waals surface area contributed by atoms with Gasteiger partial charge in [-0.2, -0.15) is 0 Å². The molecule has 1 amide bonds. The van der Waals surface area contributed by atoms with Gasteiger partial charge in [0.1, 0.15) is 5.60 Å². The Morgan fingerprint density at radius 1 is 1.00 bits per heavy atom. The zero-order valence-corrected chi connectivity index (χ0v) is 16.4. The fraction of sp³-hybridized carbons (Fsp3) is 0.304. The van der Waals surface area contributed by atoms with Crippen molar-refractivity contribution >= 4 is 11.9 Å². The van der Waals surface area contributed by atoms with Crippen molar-refractivity contribution in [2.45, 2.75) is 45.8 Å². The van der Waals surface area contributed by atoms with Crippen LogP contribution in [0.5, 0.6) is 0 Å². The Hall–Kier alpha value is -2.88. The molecule has 1 N–H and O–H groups in total. The molecule has 0 fully saturated rings. The maximum atomic E-state index is 12.5. The maximum absolute atomic E-state index is 12.5. The number of hydrogen-bond donors (Lipinski definition) is 1. The SMILES string of the molecule is C/C(=C\CC(NC(=O)OC(C)(C)C)c1ccccc1)C(=O)c1ccccc1. The summed E-state index contributed by atoms with van der Waals surface area (Å²) in [6.45, 7) is 7.27. The number of ether oxygens (including phenoxy) is 1. The minimum atomic E-state index is -0.569. The molecule has 0 saturated carbocycles. The van der Waals surface area contributed by atoms with E-state index in [-0.39, 0.29) is 11.8 Å². The number of nitrogens with one attached hydrogen (secondary N) is 1. The molecular formula is C23H27NO3. The van der Waals surface area contributed by atoms with E-state index < -0.39 is 11.7 Å². The van der Waals surface area contributed by atoms with Gasteiger partial charge >= 0.3 is 6.09 Å². The van der Waals surface area contributed by atoms with Gasteiger partial charge < -0.3 is 10.1 Å². The van der Waals surface area contributed by atoms with Gasteiger partial charge in [-0.3, -0.25) is 4.79 Å². The summed E-state index contributed by atoms with van der Waals surface area (Å²) in [4.78, 5) is 24.7. The molecule has 2 rings (SSSR count). The number of carbonyl (C=O) groups is 2. The second kappa shape index (κ2) is 9.17. The van der Waals surface area contributed by atoms with E-state index in [1.165, 1.54) is 0 Å². The van der Waals surface area contributed by atoms with Crippen molar-refractivity contribution in [2.24, 2.45) is 0 Å². The molecular weight excluding hydrogens is 338 g/mol. The summed E-state index contributed by atoms with van der Waals surface area (Å²) < 4.78 is 5.38. The Bertz CT molecular complexity index is 789. The minimum absolute atomic E-state index is 0.0142. The van der Waals surface area contributed by atoms with Gasteiger partial charge in [0.25, 0.3) is 0 Å². The van der Waals surface area contributed by atoms with Crippen molar-refractivity contribution in [1.29, 1.82) is 0 Å². The van der Waals surface area contributed by atoms with Crippen LogP contribution in [-0.2, 0) is 4.74 Å². The molecule has 0 aliphatic carbocycles. The lowest BCUT2D eigenvalue weighted by Crippen LogP contribution is -2.34. The number of rotatable bonds is 6. The lowest BCUT2D eigenvalue weighted by atomic mass is 9.99. The van der Waals surface area contributed by atoms with E-state index in [0.29, 0.717) is 17.6 Å². The van der Waals surface area contributed by atoms with Crippen LogP contribution in [0.2, 0.25) is 0 Å². The molecule has 4 heteroatoms. The number of allylic oxidation sites excluding steroid dienone is 1. The Morgan fingerprint density at radius 3 is 2.11 bits per heavy atom. The molecule has 0 aromatic heterocycles. The van der Waals surface area contributed by atoms with E-state index in [0.717, 1.165) is 5.56 Å². The summed E-state index contributed by atoms with van der Waals surface area (Å²) in [5, 5.41) is 2.91. The Balaban J connectivity index is 2.14. The summed E-state index contributed by atoms with van der Waals surface area (Å²) in [5.41, 5.74) is 1.69. The van der Waals surface area contributed by atoms with Gasteiger partial charge in [-0.1, -0.05) is 66.7 Å². The van der Waals surface area contributed by atoms with E-state index >= 15 is 0 Å². The minimum Gasteiger partial charge on any atom is -0.444 e. The molecule has 0 radical (unpaired) electrons. The van der Waals surface area contributed by atoms with Crippen molar-refractivity contribution in [2.75, 3.05) is 0 Å². The van der Waals surface area contributed by atoms with Gasteiger partial charge in [-0.25, -0.2) is 4.79 Å². The van der Waals surface area contributed by atoms with E-state index in [4.69, 9.17) is 4.74 Å². The highest BCUT2D eigenvalue weighted by Crippen LogP contribution is 2.20. The zero-order chi connectivity index (χ0) is 19.9. The van der Waals surface area contributed by atoms with Crippen LogP contribution in [-0.4, -0.2) is 17.5 Å². The highest BCUT2D eigenvalue weighted by atomic mass is 16.6. The average molecular weight is 365 g/mol. The number of ketones is 1. The molecule has 0 bridgehead atoms. The number of carbonyl (C=O) groups excluding carboxylic acids is 2. The topological polar surface area (TPSA) is 55.4 Å². The largest absolute Gasteiger partial charge is 0.444 e. The summed E-state index contributed by atoms with van der Waals surface area (Å²) >= 11 is 0. The van der Waals surface area contributed by atoms with Crippen LogP contribution in [0.25, 0.3) is 0 Å². The smallest absolute Gasteiger partial charge is 0.408 e. The second-order valence-corrected chi connectivity index (χ2v) is 7.43. The van der Waals surface area contributed by atoms with Crippen LogP contribution in [0.15, 0.2) is 72.3 Å². The Kier molecular flexibility index (Phi) is 6.94. The van der Waals surface area contributed by atoms with Crippen molar-refractivity contribution in [1.82, 2.24) is 5.32 Å². The standard InChI is InChI=1S/C23H27NO3/c1-17(21(25)19-13-9-6-10-14-19)15-16-20(18-11-7-5-8-12-18)24-22(26)27-23(2,3)4/h5-15,20H,16H2,1-4H3,(H,24,26)/b17-15+. The van der Waals surface area contributed by atoms with Crippen LogP contribution >= 0.6 is 0 Å². The van der Waals surface area contributed by atoms with Crippen molar-refractivity contribution < 1.29 is 14.3 Å². The Labute approximate surface area is 161 Å². The van der Waals surface area contributed by atoms with Crippen molar-refractivity contribution in [3.05, 3.63) is 83.4 Å². The molecule has 1 unspecified atom stereocenters. The van der Waals surface area contributed by atoms with Gasteiger partial charge in [0.15, 0.2) is 5.78 Å². The van der Waals surface area contributed by atoms with Gasteiger partial charge in [0, 0.05) is 5.56 Å². The lowest BCUT2D eigenvalue weighted by molar-refractivity contribution is 0.0504. The predicted molar refractivity (Wildman–Crippen MR) is 108 cm³/mol. The number of hydrogen-bond acceptors (Lipinski definition) is 3. The molecule has 0 aliphatic heterocycles. The van der Waals surface area contributed by atoms with Crippen molar-refractivity contribution in [3.63, 3.8) is 0 Å². The van der Waals surface area contributed by atoms with E-state index in [1.54, 1.807) is 19.1 Å². The first kappa shape index (κ1) is 20.4. The highest BCUT2D eigenvalue weighted by Gasteiger charge is 2.20. The normalized spacial score (nSPS) is 13.0. The van der Waals surface area contributed by atoms with E-state index in [1.807, 2.05) is 75.4 Å². The van der Waals surface area contributed by atoms with E-state index in [2.05, 4.69) is 5.32 Å². The fourth-order valence-electron chi connectivity index (χ4n) is 2.62. The maximum Gasteiger partial charge on any atom is 0.408 e. The quantitative estimate of drug-likeness (QED) is 0.545. The van der Waals surface area contributed by atoms with Crippen LogP contribution in [0.4, 0.5) is 4.79 Å². The molecule has 142 valence electrons. The van der Waals surface area contributed by atoms with Crippen LogP contribution in [0.1, 0.15) is 56.1 Å². The lowest BCUT2D eigenvalue weighted by Gasteiger charge is -2.23. The third-order valence-corrected chi connectivity index (χ3v) is 3.95. The third kappa shape index (κ3) is 6.74. The monoisotopic (exact) mass is 365 g/mol. The number of Topliss-reactive ketones (excluding diaryl/α,β-unsaturated/α-hetero) is 1.